The normalized spacial score (nSPS) is 11.9. The molecule has 0 N–H and O–H groups in total. The number of hydrogen-bond acceptors (Lipinski definition) is 6. The van der Waals surface area contributed by atoms with Gasteiger partial charge < -0.3 is 9.47 Å². The van der Waals surface area contributed by atoms with Gasteiger partial charge in [-0.05, 0) is 29.3 Å². The van der Waals surface area contributed by atoms with Crippen LogP contribution in [0.5, 0.6) is 0 Å². The summed E-state index contributed by atoms with van der Waals surface area (Å²) in [7, 11) is 0. The van der Waals surface area contributed by atoms with E-state index in [4.69, 9.17) is 32.7 Å². The maximum absolute atomic E-state index is 11.0. The van der Waals surface area contributed by atoms with Crippen LogP contribution in [-0.2, 0) is 19.1 Å². The Bertz CT molecular complexity index is 536. The lowest BCUT2D eigenvalue weighted by atomic mass is 10.1. The van der Waals surface area contributed by atoms with Crippen molar-refractivity contribution in [1.82, 2.24) is 0 Å². The molecule has 0 fully saturated rings. The van der Waals surface area contributed by atoms with E-state index in [1.54, 1.807) is 6.07 Å². The summed E-state index contributed by atoms with van der Waals surface area (Å²) in [5, 5.41) is 9.51. The second-order valence-corrected chi connectivity index (χ2v) is 4.68. The molecular weight excluding hydrogens is 325 g/mol. The van der Waals surface area contributed by atoms with E-state index in [0.29, 0.717) is 0 Å². The van der Waals surface area contributed by atoms with E-state index in [1.807, 2.05) is 0 Å². The molecule has 21 heavy (non-hydrogen) atoms. The van der Waals surface area contributed by atoms with Gasteiger partial charge in [0.25, 0.3) is 5.69 Å². The molecule has 1 aromatic carbocycles. The van der Waals surface area contributed by atoms with Crippen LogP contribution in [0.3, 0.4) is 0 Å². The summed E-state index contributed by atoms with van der Waals surface area (Å²) in [5.41, 5.74) is 0.0211. The van der Waals surface area contributed by atoms with Gasteiger partial charge in [-0.3, -0.25) is 19.7 Å². The van der Waals surface area contributed by atoms with Gasteiger partial charge in [-0.25, -0.2) is 0 Å². The standard InChI is InChI=1S/C12H11Cl2NO6/c13-11(16)6-20-5-10(21-7-12(14)17)8-3-1-2-4-9(8)15(18)19/h1-4,10H,5-7H2. The molecule has 0 aliphatic rings. The largest absolute Gasteiger partial charge is 0.369 e. The number of para-hydroxylation sites is 1. The number of rotatable bonds is 9. The van der Waals surface area contributed by atoms with E-state index in [1.165, 1.54) is 18.2 Å². The average Bonchev–Trinajstić information content (AvgIpc) is 2.42. The minimum atomic E-state index is -0.926. The van der Waals surface area contributed by atoms with Crippen LogP contribution in [0.4, 0.5) is 5.69 Å². The third-order valence-corrected chi connectivity index (χ3v) is 2.58. The monoisotopic (exact) mass is 335 g/mol. The van der Waals surface area contributed by atoms with Crippen LogP contribution >= 0.6 is 23.2 Å². The Balaban J connectivity index is 2.91. The molecule has 0 amide bonds. The molecule has 0 spiro atoms. The van der Waals surface area contributed by atoms with Gasteiger partial charge in [0.2, 0.25) is 10.5 Å². The summed E-state index contributed by atoms with van der Waals surface area (Å²) in [6.45, 7) is -1.01. The van der Waals surface area contributed by atoms with E-state index >= 15 is 0 Å². The van der Waals surface area contributed by atoms with Crippen LogP contribution < -0.4 is 0 Å². The van der Waals surface area contributed by atoms with Crippen LogP contribution in [-0.4, -0.2) is 35.2 Å². The number of halogens is 2. The van der Waals surface area contributed by atoms with E-state index < -0.39 is 28.1 Å². The number of nitro benzene ring substituents is 1. The third kappa shape index (κ3) is 6.17. The fraction of sp³-hybridized carbons (Fsp3) is 0.333. The van der Waals surface area contributed by atoms with Crippen molar-refractivity contribution in [2.24, 2.45) is 0 Å². The van der Waals surface area contributed by atoms with Gasteiger partial charge in [0, 0.05) is 6.07 Å². The molecule has 0 heterocycles. The lowest BCUT2D eigenvalue weighted by Crippen LogP contribution is -2.17. The number of nitrogens with zero attached hydrogens (tertiary/aromatic N) is 1. The molecule has 9 heteroatoms. The summed E-state index contributed by atoms with van der Waals surface area (Å²) in [6, 6.07) is 5.83. The molecule has 0 saturated carbocycles. The van der Waals surface area contributed by atoms with Gasteiger partial charge in [-0.15, -0.1) is 0 Å². The van der Waals surface area contributed by atoms with Gasteiger partial charge in [0.05, 0.1) is 17.1 Å². The molecule has 1 rings (SSSR count). The number of benzene rings is 1. The summed E-state index contributed by atoms with van der Waals surface area (Å²) in [4.78, 5) is 31.8. The number of carbonyl (C=O) groups is 2. The second kappa shape index (κ2) is 8.68. The van der Waals surface area contributed by atoms with Crippen molar-refractivity contribution in [3.05, 3.63) is 39.9 Å². The minimum absolute atomic E-state index is 0.187. The SMILES string of the molecule is O=C(Cl)COCC(OCC(=O)Cl)c1ccccc1[N+](=O)[O-]. The van der Waals surface area contributed by atoms with Crippen molar-refractivity contribution < 1.29 is 24.0 Å². The Labute approximate surface area is 129 Å². The van der Waals surface area contributed by atoms with Crippen LogP contribution in [0.2, 0.25) is 0 Å². The predicted molar refractivity (Wildman–Crippen MR) is 74.3 cm³/mol. The number of carbonyl (C=O) groups excluding carboxylic acids is 2. The summed E-state index contributed by atoms with van der Waals surface area (Å²) in [5.74, 6) is 0. The average molecular weight is 336 g/mol. The lowest BCUT2D eigenvalue weighted by molar-refractivity contribution is -0.386. The second-order valence-electron chi connectivity index (χ2n) is 3.84. The van der Waals surface area contributed by atoms with Gasteiger partial charge in [0.15, 0.2) is 0 Å². The molecular formula is C12H11Cl2NO6. The maximum Gasteiger partial charge on any atom is 0.275 e. The van der Waals surface area contributed by atoms with E-state index in [0.717, 1.165) is 0 Å². The van der Waals surface area contributed by atoms with Gasteiger partial charge >= 0.3 is 0 Å². The van der Waals surface area contributed by atoms with Crippen molar-refractivity contribution in [3.8, 4) is 0 Å². The van der Waals surface area contributed by atoms with E-state index in [9.17, 15) is 19.7 Å². The van der Waals surface area contributed by atoms with E-state index in [-0.39, 0.29) is 24.5 Å². The zero-order valence-corrected chi connectivity index (χ0v) is 12.2. The van der Waals surface area contributed by atoms with Crippen molar-refractivity contribution in [2.45, 2.75) is 6.10 Å². The molecule has 0 aliphatic heterocycles. The first kappa shape index (κ1) is 17.5. The van der Waals surface area contributed by atoms with Crippen LogP contribution in [0.25, 0.3) is 0 Å². The molecule has 114 valence electrons. The summed E-state index contributed by atoms with van der Waals surface area (Å²) >= 11 is 10.3. The van der Waals surface area contributed by atoms with Crippen LogP contribution in [0.15, 0.2) is 24.3 Å². The van der Waals surface area contributed by atoms with Gasteiger partial charge in [-0.1, -0.05) is 12.1 Å². The molecule has 1 aromatic rings. The first-order chi connectivity index (χ1) is 9.91. The zero-order chi connectivity index (χ0) is 15.8. The highest BCUT2D eigenvalue weighted by molar-refractivity contribution is 6.64. The Morgan fingerprint density at radius 2 is 1.81 bits per heavy atom. The predicted octanol–water partition coefficient (Wildman–Crippen LogP) is 2.20. The highest BCUT2D eigenvalue weighted by Gasteiger charge is 2.23. The highest BCUT2D eigenvalue weighted by Crippen LogP contribution is 2.27. The Kier molecular flexibility index (Phi) is 7.24. The van der Waals surface area contributed by atoms with Crippen LogP contribution in [0.1, 0.15) is 11.7 Å². The zero-order valence-electron chi connectivity index (χ0n) is 10.7. The first-order valence-corrected chi connectivity index (χ1v) is 6.46. The fourth-order valence-corrected chi connectivity index (χ4v) is 1.71. The first-order valence-electron chi connectivity index (χ1n) is 5.71. The van der Waals surface area contributed by atoms with Gasteiger partial charge in [-0.2, -0.15) is 0 Å². The lowest BCUT2D eigenvalue weighted by Gasteiger charge is -2.17. The maximum atomic E-state index is 11.0. The number of hydrogen-bond donors (Lipinski definition) is 0. The Hall–Kier alpha value is -1.54. The summed E-state index contributed by atoms with van der Waals surface area (Å²) < 4.78 is 10.2. The van der Waals surface area contributed by atoms with Crippen molar-refractivity contribution in [2.75, 3.05) is 19.8 Å². The molecule has 0 aromatic heterocycles. The Morgan fingerprint density at radius 1 is 1.19 bits per heavy atom. The van der Waals surface area contributed by atoms with Crippen LogP contribution in [0, 0.1) is 10.1 Å². The quantitative estimate of drug-likeness (QED) is 0.390. The number of nitro groups is 1. The molecule has 1 atom stereocenters. The molecule has 0 saturated heterocycles. The van der Waals surface area contributed by atoms with Crippen molar-refractivity contribution in [3.63, 3.8) is 0 Å². The minimum Gasteiger partial charge on any atom is -0.369 e. The molecule has 1 unspecified atom stereocenters. The Morgan fingerprint density at radius 3 is 2.38 bits per heavy atom. The van der Waals surface area contributed by atoms with Crippen molar-refractivity contribution in [1.29, 1.82) is 0 Å². The molecule has 0 bridgehead atoms. The van der Waals surface area contributed by atoms with E-state index in [2.05, 4.69) is 0 Å². The summed E-state index contributed by atoms with van der Waals surface area (Å²) in [6.07, 6.45) is -0.926. The fourth-order valence-electron chi connectivity index (χ4n) is 1.57. The molecule has 0 radical (unpaired) electrons. The number of ether oxygens (including phenoxy) is 2. The smallest absolute Gasteiger partial charge is 0.275 e. The third-order valence-electron chi connectivity index (χ3n) is 2.36. The highest BCUT2D eigenvalue weighted by atomic mass is 35.5. The topological polar surface area (TPSA) is 95.7 Å². The molecule has 0 aliphatic carbocycles. The van der Waals surface area contributed by atoms with Gasteiger partial charge in [0.1, 0.15) is 19.3 Å². The van der Waals surface area contributed by atoms with Crippen molar-refractivity contribution >= 4 is 39.4 Å². The molecule has 7 nitrogen and oxygen atoms in total.